The first kappa shape index (κ1) is 32.3. The van der Waals surface area contributed by atoms with Crippen LogP contribution in [0.4, 0.5) is 0 Å². The Hall–Kier alpha value is -2.20. The SMILES string of the molecule is COCCCOc1cc(C(=O)N(C[C@@H]2CNC[C@H]2CNCC(=O)[C@@H](OC)C2CCCCC2)C(C)C)ccc1OC. The smallest absolute Gasteiger partial charge is 0.254 e. The third-order valence-electron chi connectivity index (χ3n) is 8.31. The normalized spacial score (nSPS) is 20.4. The zero-order valence-electron chi connectivity index (χ0n) is 25.2. The molecule has 226 valence electrons. The number of carbonyl (C=O) groups excluding carboxylic acids is 2. The fourth-order valence-corrected chi connectivity index (χ4v) is 6.00. The Kier molecular flexibility index (Phi) is 13.7. The molecule has 2 N–H and O–H groups in total. The molecular weight excluding hydrogens is 510 g/mol. The summed E-state index contributed by atoms with van der Waals surface area (Å²) in [5, 5.41) is 6.90. The van der Waals surface area contributed by atoms with Gasteiger partial charge in [-0.1, -0.05) is 19.3 Å². The van der Waals surface area contributed by atoms with Crippen LogP contribution >= 0.6 is 0 Å². The van der Waals surface area contributed by atoms with E-state index in [4.69, 9.17) is 18.9 Å². The molecule has 1 amide bonds. The molecule has 2 fully saturated rings. The van der Waals surface area contributed by atoms with Gasteiger partial charge in [-0.05, 0) is 75.7 Å². The molecule has 0 radical (unpaired) electrons. The lowest BCUT2D eigenvalue weighted by Gasteiger charge is -2.32. The molecular formula is C31H51N3O6. The summed E-state index contributed by atoms with van der Waals surface area (Å²) < 4.78 is 22.1. The van der Waals surface area contributed by atoms with Crippen molar-refractivity contribution in [3.05, 3.63) is 23.8 Å². The minimum absolute atomic E-state index is 0.0244. The molecule has 1 aromatic carbocycles. The van der Waals surface area contributed by atoms with Crippen LogP contribution in [-0.4, -0.2) is 96.0 Å². The number of ether oxygens (including phenoxy) is 4. The van der Waals surface area contributed by atoms with Crippen LogP contribution in [0.1, 0.15) is 62.7 Å². The largest absolute Gasteiger partial charge is 0.493 e. The van der Waals surface area contributed by atoms with E-state index in [-0.39, 0.29) is 29.8 Å². The van der Waals surface area contributed by atoms with Crippen molar-refractivity contribution in [2.24, 2.45) is 17.8 Å². The number of hydrogen-bond acceptors (Lipinski definition) is 8. The number of methoxy groups -OCH3 is 3. The Morgan fingerprint density at radius 2 is 1.77 bits per heavy atom. The predicted octanol–water partition coefficient (Wildman–Crippen LogP) is 3.55. The van der Waals surface area contributed by atoms with Crippen LogP contribution in [0.5, 0.6) is 11.5 Å². The fraction of sp³-hybridized carbons (Fsp3) is 0.742. The van der Waals surface area contributed by atoms with Crippen LogP contribution in [0.25, 0.3) is 0 Å². The van der Waals surface area contributed by atoms with Gasteiger partial charge in [0.15, 0.2) is 17.3 Å². The van der Waals surface area contributed by atoms with Gasteiger partial charge in [0, 0.05) is 51.9 Å². The number of hydrogen-bond donors (Lipinski definition) is 2. The Morgan fingerprint density at radius 1 is 1.02 bits per heavy atom. The van der Waals surface area contributed by atoms with E-state index in [1.807, 2.05) is 18.7 Å². The Balaban J connectivity index is 1.58. The van der Waals surface area contributed by atoms with Gasteiger partial charge in [0.25, 0.3) is 5.91 Å². The number of nitrogens with zero attached hydrogens (tertiary/aromatic N) is 1. The summed E-state index contributed by atoms with van der Waals surface area (Å²) in [6.45, 7) is 8.59. The quantitative estimate of drug-likeness (QED) is 0.279. The number of carbonyl (C=O) groups is 2. The fourth-order valence-electron chi connectivity index (χ4n) is 6.00. The van der Waals surface area contributed by atoms with Gasteiger partial charge in [-0.3, -0.25) is 9.59 Å². The van der Waals surface area contributed by atoms with E-state index in [2.05, 4.69) is 10.6 Å². The molecule has 40 heavy (non-hydrogen) atoms. The van der Waals surface area contributed by atoms with E-state index in [0.29, 0.717) is 55.2 Å². The van der Waals surface area contributed by atoms with Crippen molar-refractivity contribution in [2.75, 3.05) is 67.3 Å². The van der Waals surface area contributed by atoms with Gasteiger partial charge in [0.05, 0.1) is 20.3 Å². The van der Waals surface area contributed by atoms with Crippen molar-refractivity contribution in [3.8, 4) is 11.5 Å². The average Bonchev–Trinajstić information content (AvgIpc) is 3.41. The molecule has 9 heteroatoms. The maximum Gasteiger partial charge on any atom is 0.254 e. The number of rotatable bonds is 17. The summed E-state index contributed by atoms with van der Waals surface area (Å²) in [6.07, 6.45) is 6.22. The highest BCUT2D eigenvalue weighted by Gasteiger charge is 2.33. The molecule has 1 aliphatic carbocycles. The number of ketones is 1. The van der Waals surface area contributed by atoms with Crippen LogP contribution in [-0.2, 0) is 14.3 Å². The highest BCUT2D eigenvalue weighted by molar-refractivity contribution is 5.95. The van der Waals surface area contributed by atoms with E-state index >= 15 is 0 Å². The lowest BCUT2D eigenvalue weighted by molar-refractivity contribution is -0.131. The molecule has 1 aliphatic heterocycles. The van der Waals surface area contributed by atoms with Gasteiger partial charge in [-0.2, -0.15) is 0 Å². The minimum atomic E-state index is -0.308. The lowest BCUT2D eigenvalue weighted by atomic mass is 9.83. The molecule has 1 saturated heterocycles. The molecule has 3 rings (SSSR count). The number of nitrogens with one attached hydrogen (secondary N) is 2. The van der Waals surface area contributed by atoms with Gasteiger partial charge in [-0.25, -0.2) is 0 Å². The standard InChI is InChI=1S/C31H51N3O6/c1-22(2)34(31(36)24-12-13-28(38-4)29(16-24)40-15-9-14-37-3)21-26-19-32-17-25(26)18-33-20-27(35)30(39-5)23-10-7-6-8-11-23/h12-13,16,22-23,25-26,30,32-33H,6-11,14-15,17-21H2,1-5H3/t25-,26-,30-/m0/s1. The van der Waals surface area contributed by atoms with E-state index in [9.17, 15) is 9.59 Å². The van der Waals surface area contributed by atoms with Crippen molar-refractivity contribution < 1.29 is 28.5 Å². The van der Waals surface area contributed by atoms with Gasteiger partial charge in [0.2, 0.25) is 0 Å². The third-order valence-corrected chi connectivity index (χ3v) is 8.31. The first-order valence-corrected chi connectivity index (χ1v) is 15.0. The molecule has 1 aromatic rings. The maximum atomic E-state index is 13.7. The molecule has 9 nitrogen and oxygen atoms in total. The van der Waals surface area contributed by atoms with Gasteiger partial charge < -0.3 is 34.5 Å². The van der Waals surface area contributed by atoms with Crippen LogP contribution in [0.15, 0.2) is 18.2 Å². The van der Waals surface area contributed by atoms with E-state index in [0.717, 1.165) is 38.9 Å². The first-order valence-electron chi connectivity index (χ1n) is 15.0. The van der Waals surface area contributed by atoms with Crippen LogP contribution < -0.4 is 20.1 Å². The number of Topliss-reactive ketones (excluding diaryl/α,β-unsaturated/α-hetero) is 1. The monoisotopic (exact) mass is 561 g/mol. The molecule has 1 saturated carbocycles. The van der Waals surface area contributed by atoms with E-state index in [1.165, 1.54) is 19.3 Å². The van der Waals surface area contributed by atoms with E-state index < -0.39 is 0 Å². The van der Waals surface area contributed by atoms with Crippen molar-refractivity contribution in [3.63, 3.8) is 0 Å². The third kappa shape index (κ3) is 9.16. The summed E-state index contributed by atoms with van der Waals surface area (Å²) in [7, 11) is 4.92. The summed E-state index contributed by atoms with van der Waals surface area (Å²) >= 11 is 0. The Bertz CT molecular complexity index is 920. The molecule has 0 aromatic heterocycles. The molecule has 0 bridgehead atoms. The lowest BCUT2D eigenvalue weighted by Crippen LogP contribution is -2.44. The van der Waals surface area contributed by atoms with Gasteiger partial charge in [0.1, 0.15) is 6.10 Å². The molecule has 0 spiro atoms. The van der Waals surface area contributed by atoms with Crippen LogP contribution in [0.2, 0.25) is 0 Å². The first-order chi connectivity index (χ1) is 19.4. The Morgan fingerprint density at radius 3 is 2.45 bits per heavy atom. The molecule has 0 unspecified atom stereocenters. The molecule has 1 heterocycles. The summed E-state index contributed by atoms with van der Waals surface area (Å²) in [5.41, 5.74) is 0.579. The maximum absolute atomic E-state index is 13.7. The predicted molar refractivity (Wildman–Crippen MR) is 156 cm³/mol. The number of benzene rings is 1. The van der Waals surface area contributed by atoms with Gasteiger partial charge >= 0.3 is 0 Å². The highest BCUT2D eigenvalue weighted by atomic mass is 16.5. The van der Waals surface area contributed by atoms with Gasteiger partial charge in [-0.15, -0.1) is 0 Å². The van der Waals surface area contributed by atoms with Crippen molar-refractivity contribution >= 4 is 11.7 Å². The topological polar surface area (TPSA) is 98.4 Å². The molecule has 3 atom stereocenters. The van der Waals surface area contributed by atoms with Crippen molar-refractivity contribution in [1.82, 2.24) is 15.5 Å². The zero-order valence-corrected chi connectivity index (χ0v) is 25.2. The van der Waals surface area contributed by atoms with Crippen LogP contribution in [0.3, 0.4) is 0 Å². The second-order valence-corrected chi connectivity index (χ2v) is 11.4. The summed E-state index contributed by atoms with van der Waals surface area (Å²) in [4.78, 5) is 28.6. The summed E-state index contributed by atoms with van der Waals surface area (Å²) in [5.74, 6) is 2.24. The molecule has 2 aliphatic rings. The number of amides is 1. The second kappa shape index (κ2) is 16.9. The van der Waals surface area contributed by atoms with E-state index in [1.54, 1.807) is 39.5 Å². The highest BCUT2D eigenvalue weighted by Crippen LogP contribution is 2.30. The average molecular weight is 562 g/mol. The minimum Gasteiger partial charge on any atom is -0.493 e. The Labute approximate surface area is 240 Å². The zero-order chi connectivity index (χ0) is 28.9. The van der Waals surface area contributed by atoms with Crippen molar-refractivity contribution in [2.45, 2.75) is 64.5 Å². The van der Waals surface area contributed by atoms with Crippen molar-refractivity contribution in [1.29, 1.82) is 0 Å². The second-order valence-electron chi connectivity index (χ2n) is 11.4. The summed E-state index contributed by atoms with van der Waals surface area (Å²) in [6, 6.07) is 5.40. The van der Waals surface area contributed by atoms with Crippen LogP contribution in [0, 0.1) is 17.8 Å².